The largest absolute Gasteiger partial charge is 0.319 e. The lowest BCUT2D eigenvalue weighted by Gasteiger charge is -2.17. The normalized spacial score (nSPS) is 11.5. The molecule has 4 nitrogen and oxygen atoms in total. The van der Waals surface area contributed by atoms with Crippen molar-refractivity contribution in [3.05, 3.63) is 137 Å². The second-order valence-corrected chi connectivity index (χ2v) is 11.0. The number of hydrogen-bond donors (Lipinski definition) is 0. The van der Waals surface area contributed by atoms with Crippen LogP contribution in [0.1, 0.15) is 16.7 Å². The van der Waals surface area contributed by atoms with Gasteiger partial charge in [0, 0.05) is 21.5 Å². The van der Waals surface area contributed by atoms with E-state index in [4.69, 9.17) is 6.57 Å². The van der Waals surface area contributed by atoms with E-state index in [9.17, 15) is 5.26 Å². The quantitative estimate of drug-likeness (QED) is 0.203. The number of hydrogen-bond acceptors (Lipinski definition) is 1. The highest BCUT2D eigenvalue weighted by atomic mass is 15.0. The highest BCUT2D eigenvalue weighted by Crippen LogP contribution is 2.43. The van der Waals surface area contributed by atoms with Gasteiger partial charge in [0.15, 0.2) is 0 Å². The lowest BCUT2D eigenvalue weighted by Crippen LogP contribution is -2.01. The van der Waals surface area contributed by atoms with Crippen molar-refractivity contribution < 1.29 is 0 Å². The Labute approximate surface area is 242 Å². The van der Waals surface area contributed by atoms with Crippen molar-refractivity contribution in [1.29, 1.82) is 5.26 Å². The number of para-hydroxylation sites is 1. The fourth-order valence-electron chi connectivity index (χ4n) is 6.63. The Morgan fingerprint density at radius 2 is 1.14 bits per heavy atom. The van der Waals surface area contributed by atoms with E-state index in [1.165, 1.54) is 21.9 Å². The molecule has 196 valence electrons. The van der Waals surface area contributed by atoms with Crippen LogP contribution in [0.5, 0.6) is 0 Å². The lowest BCUT2D eigenvalue weighted by molar-refractivity contribution is 1.14. The van der Waals surface area contributed by atoms with Gasteiger partial charge in [0.25, 0.3) is 0 Å². The van der Waals surface area contributed by atoms with Gasteiger partial charge in [0.2, 0.25) is 5.69 Å². The number of rotatable bonds is 2. The van der Waals surface area contributed by atoms with Crippen molar-refractivity contribution in [2.45, 2.75) is 13.8 Å². The first-order valence-corrected chi connectivity index (χ1v) is 14.0. The van der Waals surface area contributed by atoms with E-state index >= 15 is 0 Å². The van der Waals surface area contributed by atoms with Crippen LogP contribution in [0.4, 0.5) is 5.69 Å². The maximum atomic E-state index is 10.3. The number of aromatic nitrogens is 2. The monoisotopic (exact) mass is 536 g/mol. The maximum Gasteiger partial charge on any atom is 0.234 e. The molecule has 0 bridgehead atoms. The first kappa shape index (κ1) is 24.0. The van der Waals surface area contributed by atoms with Gasteiger partial charge in [-0.3, -0.25) is 0 Å². The predicted molar refractivity (Wildman–Crippen MR) is 173 cm³/mol. The minimum atomic E-state index is 0.504. The van der Waals surface area contributed by atoms with Crippen LogP contribution >= 0.6 is 0 Å². The average molecular weight is 537 g/mol. The van der Waals surface area contributed by atoms with Gasteiger partial charge in [-0.2, -0.15) is 5.26 Å². The summed E-state index contributed by atoms with van der Waals surface area (Å²) in [5.41, 5.74) is 8.82. The van der Waals surface area contributed by atoms with Crippen LogP contribution in [0.3, 0.4) is 0 Å². The molecule has 2 aromatic heterocycles. The third-order valence-electron chi connectivity index (χ3n) is 8.43. The van der Waals surface area contributed by atoms with E-state index < -0.39 is 0 Å². The highest BCUT2D eigenvalue weighted by molar-refractivity contribution is 6.21. The summed E-state index contributed by atoms with van der Waals surface area (Å²) in [7, 11) is 0. The van der Waals surface area contributed by atoms with E-state index in [1.807, 2.05) is 18.2 Å². The molecule has 0 amide bonds. The summed E-state index contributed by atoms with van der Waals surface area (Å²) < 4.78 is 4.32. The molecule has 8 aromatic rings. The van der Waals surface area contributed by atoms with Gasteiger partial charge < -0.3 is 9.13 Å². The molecule has 0 atom stereocenters. The molecule has 0 N–H and O–H groups in total. The third-order valence-corrected chi connectivity index (χ3v) is 8.43. The number of fused-ring (bicyclic) bond motifs is 8. The van der Waals surface area contributed by atoms with E-state index in [1.54, 1.807) is 0 Å². The zero-order valence-electron chi connectivity index (χ0n) is 23.2. The Hall–Kier alpha value is -5.84. The van der Waals surface area contributed by atoms with E-state index in [0.717, 1.165) is 43.6 Å². The summed E-state index contributed by atoms with van der Waals surface area (Å²) in [5, 5.41) is 17.1. The van der Waals surface area contributed by atoms with E-state index in [0.29, 0.717) is 22.6 Å². The Morgan fingerprint density at radius 1 is 0.595 bits per heavy atom. The van der Waals surface area contributed by atoms with Crippen molar-refractivity contribution in [2.75, 3.05) is 0 Å². The molecule has 4 heteroatoms. The van der Waals surface area contributed by atoms with Crippen molar-refractivity contribution in [3.8, 4) is 17.4 Å². The molecule has 0 aliphatic carbocycles. The van der Waals surface area contributed by atoms with Crippen molar-refractivity contribution in [3.63, 3.8) is 0 Å². The lowest BCUT2D eigenvalue weighted by atomic mass is 10.0. The van der Waals surface area contributed by atoms with Crippen LogP contribution in [-0.2, 0) is 0 Å². The molecular weight excluding hydrogens is 512 g/mol. The molecule has 0 saturated carbocycles. The van der Waals surface area contributed by atoms with Crippen LogP contribution < -0.4 is 0 Å². The summed E-state index contributed by atoms with van der Waals surface area (Å²) in [6.45, 7) is 12.7. The van der Waals surface area contributed by atoms with Gasteiger partial charge in [-0.05, 0) is 73.2 Å². The van der Waals surface area contributed by atoms with Crippen molar-refractivity contribution in [2.24, 2.45) is 0 Å². The van der Waals surface area contributed by atoms with Crippen LogP contribution in [0.2, 0.25) is 0 Å². The minimum absolute atomic E-state index is 0.504. The molecule has 2 heterocycles. The van der Waals surface area contributed by atoms with Crippen molar-refractivity contribution in [1.82, 2.24) is 9.13 Å². The van der Waals surface area contributed by atoms with Crippen molar-refractivity contribution >= 4 is 60.1 Å². The molecule has 0 unspecified atom stereocenters. The first-order valence-electron chi connectivity index (χ1n) is 14.0. The maximum absolute atomic E-state index is 10.3. The fraction of sp³-hybridized carbons (Fsp3) is 0.0526. The van der Waals surface area contributed by atoms with E-state index in [2.05, 4.69) is 125 Å². The number of aryl methyl sites for hydroxylation is 2. The van der Waals surface area contributed by atoms with Crippen LogP contribution in [-0.4, -0.2) is 9.13 Å². The second-order valence-electron chi connectivity index (χ2n) is 11.0. The number of nitriles is 1. The molecular formula is C38H24N4. The Balaban J connectivity index is 1.55. The molecule has 0 aliphatic heterocycles. The van der Waals surface area contributed by atoms with Gasteiger partial charge in [0.05, 0.1) is 51.6 Å². The second kappa shape index (κ2) is 8.83. The molecule has 0 spiro atoms. The van der Waals surface area contributed by atoms with Gasteiger partial charge >= 0.3 is 0 Å². The Kier molecular flexibility index (Phi) is 5.05. The Bertz CT molecular complexity index is 2450. The van der Waals surface area contributed by atoms with Gasteiger partial charge in [-0.15, -0.1) is 0 Å². The molecule has 6 aromatic carbocycles. The minimum Gasteiger partial charge on any atom is -0.319 e. The zero-order valence-corrected chi connectivity index (χ0v) is 23.2. The highest BCUT2D eigenvalue weighted by Gasteiger charge is 2.22. The number of nitrogens with zero attached hydrogens (tertiary/aromatic N) is 4. The molecule has 0 aliphatic rings. The molecule has 0 saturated heterocycles. The molecule has 8 rings (SSSR count). The number of benzene rings is 6. The summed E-state index contributed by atoms with van der Waals surface area (Å²) in [4.78, 5) is 4.18. The van der Waals surface area contributed by atoms with Gasteiger partial charge in [-0.25, -0.2) is 4.85 Å². The third kappa shape index (κ3) is 3.27. The summed E-state index contributed by atoms with van der Waals surface area (Å²) in [5.74, 6) is 0. The van der Waals surface area contributed by atoms with Crippen LogP contribution in [0.15, 0.2) is 109 Å². The molecule has 42 heavy (non-hydrogen) atoms. The summed E-state index contributed by atoms with van der Waals surface area (Å²) >= 11 is 0. The smallest absolute Gasteiger partial charge is 0.234 e. The molecule has 0 fully saturated rings. The fourth-order valence-corrected chi connectivity index (χ4v) is 6.63. The van der Waals surface area contributed by atoms with E-state index in [-0.39, 0.29) is 0 Å². The SMILES string of the molecule is [C-]#[N+]c1c(-n2c3ccc(C)cc3c3cc(C)ccc32)cc(C#N)cc1-n1c2ccccc2c2c3ccccc3ccc21. The van der Waals surface area contributed by atoms with Crippen LogP contribution in [0, 0.1) is 31.8 Å². The average Bonchev–Trinajstić information content (AvgIpc) is 3.52. The summed E-state index contributed by atoms with van der Waals surface area (Å²) in [6.07, 6.45) is 0. The van der Waals surface area contributed by atoms with Crippen LogP contribution in [0.25, 0.3) is 70.6 Å². The topological polar surface area (TPSA) is 38.0 Å². The Morgan fingerprint density at radius 3 is 1.79 bits per heavy atom. The predicted octanol–water partition coefficient (Wildman–Crippen LogP) is 10.1. The van der Waals surface area contributed by atoms with Gasteiger partial charge in [0.1, 0.15) is 0 Å². The zero-order chi connectivity index (χ0) is 28.5. The standard InChI is InChI=1S/C38H24N4/c1-23-12-15-32-29(18-23)30-19-24(2)13-16-33(30)41(32)35-20-25(22-39)21-36(38(35)40-3)42-31-11-7-6-10-28(31)37-27-9-5-4-8-26(27)14-17-34(37)42/h4-21H,1-2H3. The summed E-state index contributed by atoms with van der Waals surface area (Å²) in [6, 6.07) is 40.0. The van der Waals surface area contributed by atoms with Gasteiger partial charge in [-0.1, -0.05) is 71.8 Å². The first-order chi connectivity index (χ1) is 20.6. The molecule has 0 radical (unpaired) electrons.